The van der Waals surface area contributed by atoms with E-state index in [2.05, 4.69) is 20.3 Å². The summed E-state index contributed by atoms with van der Waals surface area (Å²) in [6, 6.07) is 5.01. The second-order valence-corrected chi connectivity index (χ2v) is 17.0. The Labute approximate surface area is 297 Å². The molecule has 3 heterocycles. The molecule has 4 amide bonds. The summed E-state index contributed by atoms with van der Waals surface area (Å²) in [6.07, 6.45) is 6.33. The molecule has 2 saturated carbocycles. The first-order valence-electron chi connectivity index (χ1n) is 17.7. The Balaban J connectivity index is 1.31. The maximum absolute atomic E-state index is 14.3. The van der Waals surface area contributed by atoms with Gasteiger partial charge in [-0.25, -0.2) is 13.2 Å². The molecule has 2 unspecified atom stereocenters. The molecule has 2 aliphatic carbocycles. The first-order chi connectivity index (χ1) is 24.1. The van der Waals surface area contributed by atoms with Gasteiger partial charge in [0, 0.05) is 17.7 Å². The number of rotatable bonds is 8. The van der Waals surface area contributed by atoms with Crippen LogP contribution in [0.25, 0.3) is 10.9 Å². The highest BCUT2D eigenvalue weighted by molar-refractivity contribution is 7.91. The summed E-state index contributed by atoms with van der Waals surface area (Å²) in [6.45, 7) is 7.77. The Morgan fingerprint density at radius 1 is 1.14 bits per heavy atom. The molecule has 1 aromatic heterocycles. The van der Waals surface area contributed by atoms with E-state index in [4.69, 9.17) is 9.47 Å². The number of pyridine rings is 1. The van der Waals surface area contributed by atoms with E-state index in [1.165, 1.54) is 4.90 Å². The van der Waals surface area contributed by atoms with Gasteiger partial charge in [-0.2, -0.15) is 0 Å². The largest absolute Gasteiger partial charge is 0.494 e. The summed E-state index contributed by atoms with van der Waals surface area (Å²) >= 11 is 0. The van der Waals surface area contributed by atoms with Gasteiger partial charge >= 0.3 is 6.09 Å². The molecule has 1 saturated heterocycles. The number of fused-ring (bicyclic) bond motifs is 3. The summed E-state index contributed by atoms with van der Waals surface area (Å²) in [7, 11) is -3.99. The lowest BCUT2D eigenvalue weighted by molar-refractivity contribution is -0.142. The monoisotopic (exact) mass is 725 g/mol. The van der Waals surface area contributed by atoms with Crippen molar-refractivity contribution in [3.8, 4) is 11.5 Å². The van der Waals surface area contributed by atoms with Gasteiger partial charge in [0.25, 0.3) is 5.91 Å². The van der Waals surface area contributed by atoms with Crippen LogP contribution in [-0.4, -0.2) is 88.8 Å². The fourth-order valence-corrected chi connectivity index (χ4v) is 8.64. The van der Waals surface area contributed by atoms with E-state index in [0.29, 0.717) is 43.8 Å². The molecule has 276 valence electrons. The van der Waals surface area contributed by atoms with Gasteiger partial charge in [0.1, 0.15) is 35.2 Å². The fourth-order valence-electron chi connectivity index (χ4n) is 7.33. The van der Waals surface area contributed by atoms with Crippen molar-refractivity contribution >= 4 is 44.7 Å². The summed E-state index contributed by atoms with van der Waals surface area (Å²) in [5, 5.41) is 15.8. The molecule has 7 atom stereocenters. The summed E-state index contributed by atoms with van der Waals surface area (Å²) < 4.78 is 39.3. The van der Waals surface area contributed by atoms with Crippen molar-refractivity contribution in [2.24, 2.45) is 17.8 Å². The highest BCUT2D eigenvalue weighted by atomic mass is 32.2. The molecule has 3 fully saturated rings. The van der Waals surface area contributed by atoms with E-state index in [-0.39, 0.29) is 25.3 Å². The number of sulfonamides is 1. The third-order valence-corrected chi connectivity index (χ3v) is 12.9. The van der Waals surface area contributed by atoms with Gasteiger partial charge < -0.3 is 30.1 Å². The van der Waals surface area contributed by atoms with Crippen LogP contribution in [-0.2, 0) is 24.4 Å². The van der Waals surface area contributed by atoms with E-state index in [0.717, 1.165) is 17.3 Å². The lowest BCUT2D eigenvalue weighted by Gasteiger charge is -2.32. The zero-order valence-corrected chi connectivity index (χ0v) is 30.2. The van der Waals surface area contributed by atoms with E-state index in [9.17, 15) is 32.7 Å². The third kappa shape index (κ3) is 7.63. The van der Waals surface area contributed by atoms with Gasteiger partial charge in [0.05, 0.1) is 29.6 Å². The zero-order valence-electron chi connectivity index (χ0n) is 29.4. The lowest BCUT2D eigenvalue weighted by Crippen LogP contribution is -2.59. The van der Waals surface area contributed by atoms with Crippen LogP contribution in [0.2, 0.25) is 0 Å². The summed E-state index contributed by atoms with van der Waals surface area (Å²) in [5.41, 5.74) is -0.808. The minimum absolute atomic E-state index is 0.0355. The molecule has 15 heteroatoms. The first kappa shape index (κ1) is 36.4. The maximum Gasteiger partial charge on any atom is 0.405 e. The molecule has 6 rings (SSSR count). The van der Waals surface area contributed by atoms with Gasteiger partial charge in [-0.15, -0.1) is 0 Å². The molecular weight excluding hydrogens is 678 g/mol. The summed E-state index contributed by atoms with van der Waals surface area (Å²) in [5.74, 6) is -1.69. The van der Waals surface area contributed by atoms with Crippen molar-refractivity contribution in [3.05, 3.63) is 42.6 Å². The van der Waals surface area contributed by atoms with E-state index < -0.39 is 74.1 Å². The van der Waals surface area contributed by atoms with Crippen LogP contribution in [0.15, 0.2) is 42.6 Å². The molecule has 0 spiro atoms. The highest BCUT2D eigenvalue weighted by Crippen LogP contribution is 2.47. The zero-order chi connectivity index (χ0) is 36.7. The van der Waals surface area contributed by atoms with E-state index in [1.807, 2.05) is 51.1 Å². The number of carbonyl (C=O) groups excluding carboxylic acids is 3. The molecule has 0 bridgehead atoms. The van der Waals surface area contributed by atoms with Gasteiger partial charge in [-0.3, -0.25) is 24.1 Å². The number of hydrogen-bond donors (Lipinski definition) is 4. The highest BCUT2D eigenvalue weighted by Gasteiger charge is 2.63. The minimum Gasteiger partial charge on any atom is -0.494 e. The predicted octanol–water partition coefficient (Wildman–Crippen LogP) is 3.50. The van der Waals surface area contributed by atoms with Crippen LogP contribution in [0.4, 0.5) is 4.79 Å². The van der Waals surface area contributed by atoms with Crippen molar-refractivity contribution in [2.75, 3.05) is 13.2 Å². The minimum atomic E-state index is -3.99. The first-order valence-corrected chi connectivity index (χ1v) is 19.2. The van der Waals surface area contributed by atoms with Crippen LogP contribution < -0.4 is 24.8 Å². The second kappa shape index (κ2) is 14.0. The Kier molecular flexibility index (Phi) is 9.96. The normalized spacial score (nSPS) is 31.2. The third-order valence-electron chi connectivity index (χ3n) is 10.8. The number of carboxylic acid groups (broad SMARTS) is 1. The van der Waals surface area contributed by atoms with Gasteiger partial charge in [0.15, 0.2) is 0 Å². The molecule has 51 heavy (non-hydrogen) atoms. The van der Waals surface area contributed by atoms with Gasteiger partial charge in [-0.05, 0) is 88.5 Å². The van der Waals surface area contributed by atoms with Crippen LogP contribution in [0, 0.1) is 17.8 Å². The number of carbonyl (C=O) groups is 4. The molecule has 2 aromatic rings. The van der Waals surface area contributed by atoms with E-state index >= 15 is 0 Å². The maximum atomic E-state index is 14.3. The van der Waals surface area contributed by atoms with Gasteiger partial charge in [0.2, 0.25) is 21.8 Å². The summed E-state index contributed by atoms with van der Waals surface area (Å²) in [4.78, 5) is 60.1. The number of hydrogen-bond acceptors (Lipinski definition) is 9. The Morgan fingerprint density at radius 2 is 1.88 bits per heavy atom. The molecule has 2 aliphatic heterocycles. The number of aromatic nitrogens is 1. The van der Waals surface area contributed by atoms with Crippen molar-refractivity contribution < 1.29 is 42.2 Å². The van der Waals surface area contributed by atoms with Crippen LogP contribution >= 0.6 is 0 Å². The Hall–Kier alpha value is -4.40. The molecule has 1 aromatic carbocycles. The van der Waals surface area contributed by atoms with Crippen molar-refractivity contribution in [1.29, 1.82) is 0 Å². The van der Waals surface area contributed by atoms with Crippen molar-refractivity contribution in [3.63, 3.8) is 0 Å². The topological polar surface area (TPSA) is 193 Å². The molecule has 4 aliphatic rings. The van der Waals surface area contributed by atoms with Crippen molar-refractivity contribution in [2.45, 2.75) is 101 Å². The predicted molar refractivity (Wildman–Crippen MR) is 187 cm³/mol. The van der Waals surface area contributed by atoms with Crippen LogP contribution in [0.1, 0.15) is 72.6 Å². The van der Waals surface area contributed by atoms with Crippen LogP contribution in [0.3, 0.4) is 0 Å². The number of benzene rings is 1. The standard InChI is InChI=1S/C36H47N5O9S/c1-5-49-25-10-11-28-23(15-25)16-26(19-37-28)50-27-17-29-31(42)39-36(33(44)40-51(47,48)35(4)12-13-35)18-24(36)9-7-6-8-21(2)14-22(3)30(38-34(45)46)32(43)41(29)20-27/h7,9-11,15-16,19,21-22,24,27,29-30,38H,5-6,8,12-14,17-18,20H2,1-4H3,(H,39,42)(H,40,44)(H,45,46)/b9-7-/t21-,22-,24?,27-,29+,30+,36?/m1/s1. The fraction of sp³-hybridized carbons (Fsp3) is 0.583. The second-order valence-electron chi connectivity index (χ2n) is 14.8. The van der Waals surface area contributed by atoms with Gasteiger partial charge in [-0.1, -0.05) is 26.0 Å². The smallest absolute Gasteiger partial charge is 0.405 e. The average molecular weight is 726 g/mol. The van der Waals surface area contributed by atoms with E-state index in [1.54, 1.807) is 19.2 Å². The Bertz CT molecular complexity index is 1850. The number of amides is 4. The molecule has 0 radical (unpaired) electrons. The lowest BCUT2D eigenvalue weighted by atomic mass is 9.88. The number of nitrogens with zero attached hydrogens (tertiary/aromatic N) is 2. The van der Waals surface area contributed by atoms with Crippen molar-refractivity contribution in [1.82, 2.24) is 25.2 Å². The van der Waals surface area contributed by atoms with Crippen LogP contribution in [0.5, 0.6) is 11.5 Å². The number of nitrogens with one attached hydrogen (secondary N) is 3. The number of allylic oxidation sites excluding steroid dienone is 1. The molecule has 14 nitrogen and oxygen atoms in total. The number of ether oxygens (including phenoxy) is 2. The molecule has 4 N–H and O–H groups in total. The quantitative estimate of drug-likeness (QED) is 0.293. The molecular formula is C36H47N5O9S. The SMILES string of the molecule is CCOc1ccc2ncc(O[C@@H]3C[C@H]4C(=O)NC5(C(=O)NS(=O)(=O)C6(C)CC6)CC5/C=C\CC[C@@H](C)C[C@@H](C)[C@H](NC(=O)O)C(=O)N4C3)cc2c1. The average Bonchev–Trinajstić information content (AvgIpc) is 3.95. The Morgan fingerprint density at radius 3 is 2.59 bits per heavy atom.